The molecule has 1 aliphatic heterocycles. The number of amides is 1. The Morgan fingerprint density at radius 3 is 2.77 bits per heavy atom. The average Bonchev–Trinajstić information content (AvgIpc) is 2.32. The molecule has 1 amide bonds. The second-order valence-corrected chi connectivity index (χ2v) is 3.85. The molecule has 0 aliphatic carbocycles. The second kappa shape index (κ2) is 3.64. The van der Waals surface area contributed by atoms with Gasteiger partial charge < -0.3 is 15.2 Å². The van der Waals surface area contributed by atoms with Crippen LogP contribution in [0.2, 0.25) is 0 Å². The molecule has 3 atom stereocenters. The monoisotopic (exact) mass is 187 g/mol. The fourth-order valence-electron chi connectivity index (χ4n) is 1.38. The van der Waals surface area contributed by atoms with E-state index in [0.29, 0.717) is 6.61 Å². The number of ether oxygens (including phenoxy) is 1. The maximum absolute atomic E-state index is 11.2. The summed E-state index contributed by atoms with van der Waals surface area (Å²) in [7, 11) is 0. The van der Waals surface area contributed by atoms with E-state index in [1.54, 1.807) is 0 Å². The number of carbonyl (C=O) groups excluding carboxylic acids is 1. The molecule has 2 N–H and O–H groups in total. The van der Waals surface area contributed by atoms with Crippen molar-refractivity contribution in [3.63, 3.8) is 0 Å². The van der Waals surface area contributed by atoms with Crippen LogP contribution in [0.1, 0.15) is 27.2 Å². The first kappa shape index (κ1) is 10.5. The maximum Gasteiger partial charge on any atom is 0.249 e. The van der Waals surface area contributed by atoms with Crippen molar-refractivity contribution < 1.29 is 14.6 Å². The third kappa shape index (κ3) is 2.19. The number of aliphatic hydroxyl groups excluding tert-OH is 1. The molecule has 0 bridgehead atoms. The molecule has 0 saturated carbocycles. The van der Waals surface area contributed by atoms with Gasteiger partial charge in [-0.2, -0.15) is 0 Å². The molecule has 0 aromatic rings. The zero-order valence-electron chi connectivity index (χ0n) is 8.33. The lowest BCUT2D eigenvalue weighted by molar-refractivity contribution is -0.130. The molecule has 1 rings (SSSR count). The summed E-state index contributed by atoms with van der Waals surface area (Å²) in [4.78, 5) is 11.2. The van der Waals surface area contributed by atoms with Crippen molar-refractivity contribution in [2.75, 3.05) is 6.61 Å². The fourth-order valence-corrected chi connectivity index (χ4v) is 1.38. The van der Waals surface area contributed by atoms with Crippen molar-refractivity contribution in [1.29, 1.82) is 0 Å². The minimum atomic E-state index is -0.954. The van der Waals surface area contributed by atoms with E-state index in [1.807, 2.05) is 13.8 Å². The van der Waals surface area contributed by atoms with Gasteiger partial charge in [-0.15, -0.1) is 0 Å². The molecule has 0 aromatic heterocycles. The number of aliphatic hydroxyl groups is 1. The Hall–Kier alpha value is -0.610. The molecule has 3 unspecified atom stereocenters. The molecule has 1 saturated heterocycles. The molecule has 4 heteroatoms. The normalized spacial score (nSPS) is 35.8. The first-order valence-electron chi connectivity index (χ1n) is 4.57. The number of carbonyl (C=O) groups is 1. The van der Waals surface area contributed by atoms with Crippen LogP contribution < -0.4 is 5.32 Å². The van der Waals surface area contributed by atoms with Crippen LogP contribution in [0, 0.1) is 0 Å². The molecule has 1 aliphatic rings. The third-order valence-electron chi connectivity index (χ3n) is 2.67. The van der Waals surface area contributed by atoms with E-state index in [-0.39, 0.29) is 17.6 Å². The summed E-state index contributed by atoms with van der Waals surface area (Å²) in [6.45, 7) is 5.98. The van der Waals surface area contributed by atoms with Crippen molar-refractivity contribution in [2.24, 2.45) is 0 Å². The quantitative estimate of drug-likeness (QED) is 0.642. The Morgan fingerprint density at radius 2 is 2.38 bits per heavy atom. The molecule has 4 nitrogen and oxygen atoms in total. The van der Waals surface area contributed by atoms with Gasteiger partial charge in [0.05, 0.1) is 11.6 Å². The zero-order valence-corrected chi connectivity index (χ0v) is 8.33. The molecule has 0 spiro atoms. The van der Waals surface area contributed by atoms with Gasteiger partial charge in [-0.05, 0) is 27.2 Å². The Morgan fingerprint density at radius 1 is 1.77 bits per heavy atom. The molecule has 76 valence electrons. The summed E-state index contributed by atoms with van der Waals surface area (Å²) < 4.78 is 5.35. The summed E-state index contributed by atoms with van der Waals surface area (Å²) in [5, 5.41) is 11.8. The zero-order chi connectivity index (χ0) is 10.1. The Kier molecular flexibility index (Phi) is 2.93. The fraction of sp³-hybridized carbons (Fsp3) is 0.889. The van der Waals surface area contributed by atoms with Crippen LogP contribution in [0.4, 0.5) is 0 Å². The van der Waals surface area contributed by atoms with E-state index < -0.39 is 6.10 Å². The predicted octanol–water partition coefficient (Wildman–Crippen LogP) is 0.0509. The summed E-state index contributed by atoms with van der Waals surface area (Å²) >= 11 is 0. The number of hydrogen-bond donors (Lipinski definition) is 2. The highest BCUT2D eigenvalue weighted by Gasteiger charge is 2.38. The van der Waals surface area contributed by atoms with Crippen LogP contribution in [-0.2, 0) is 9.53 Å². The molecule has 13 heavy (non-hydrogen) atoms. The number of rotatable bonds is 2. The first-order valence-corrected chi connectivity index (χ1v) is 4.57. The summed E-state index contributed by atoms with van der Waals surface area (Å²) in [5.41, 5.74) is -0.325. The lowest BCUT2D eigenvalue weighted by Gasteiger charge is -2.29. The Bertz CT molecular complexity index is 205. The van der Waals surface area contributed by atoms with Gasteiger partial charge in [0.2, 0.25) is 5.91 Å². The van der Waals surface area contributed by atoms with Crippen molar-refractivity contribution in [2.45, 2.75) is 44.9 Å². The van der Waals surface area contributed by atoms with Gasteiger partial charge in [-0.25, -0.2) is 0 Å². The van der Waals surface area contributed by atoms with Gasteiger partial charge in [0.15, 0.2) is 0 Å². The van der Waals surface area contributed by atoms with E-state index in [1.165, 1.54) is 6.92 Å². The third-order valence-corrected chi connectivity index (χ3v) is 2.67. The van der Waals surface area contributed by atoms with E-state index in [0.717, 1.165) is 6.42 Å². The highest BCUT2D eigenvalue weighted by Crippen LogP contribution is 2.24. The van der Waals surface area contributed by atoms with Gasteiger partial charge in [0.1, 0.15) is 6.10 Å². The SMILES string of the molecule is CC(O)C(=O)NC1(C)CCOC1C. The largest absolute Gasteiger partial charge is 0.384 e. The highest BCUT2D eigenvalue weighted by molar-refractivity contribution is 5.80. The predicted molar refractivity (Wildman–Crippen MR) is 48.3 cm³/mol. The highest BCUT2D eigenvalue weighted by atomic mass is 16.5. The van der Waals surface area contributed by atoms with E-state index >= 15 is 0 Å². The van der Waals surface area contributed by atoms with E-state index in [2.05, 4.69) is 5.32 Å². The van der Waals surface area contributed by atoms with Gasteiger partial charge in [0.25, 0.3) is 0 Å². The molecule has 1 heterocycles. The summed E-state index contributed by atoms with van der Waals surface area (Å²) in [6.07, 6.45) is -0.146. The minimum Gasteiger partial charge on any atom is -0.384 e. The maximum atomic E-state index is 11.2. The molecular weight excluding hydrogens is 170 g/mol. The van der Waals surface area contributed by atoms with Gasteiger partial charge in [0, 0.05) is 6.61 Å². The minimum absolute atomic E-state index is 0.00944. The van der Waals surface area contributed by atoms with E-state index in [9.17, 15) is 4.79 Å². The topological polar surface area (TPSA) is 58.6 Å². The van der Waals surface area contributed by atoms with Crippen LogP contribution in [-0.4, -0.2) is 35.4 Å². The molecular formula is C9H17NO3. The first-order chi connectivity index (χ1) is 5.96. The smallest absolute Gasteiger partial charge is 0.249 e. The van der Waals surface area contributed by atoms with Gasteiger partial charge in [-0.1, -0.05) is 0 Å². The van der Waals surface area contributed by atoms with Gasteiger partial charge in [-0.3, -0.25) is 4.79 Å². The van der Waals surface area contributed by atoms with Crippen molar-refractivity contribution in [1.82, 2.24) is 5.32 Å². The van der Waals surface area contributed by atoms with Crippen LogP contribution in [0.3, 0.4) is 0 Å². The van der Waals surface area contributed by atoms with Crippen molar-refractivity contribution >= 4 is 5.91 Å². The molecule has 0 aromatic carbocycles. The van der Waals surface area contributed by atoms with E-state index in [4.69, 9.17) is 9.84 Å². The van der Waals surface area contributed by atoms with Crippen LogP contribution in [0.25, 0.3) is 0 Å². The van der Waals surface area contributed by atoms with Crippen molar-refractivity contribution in [3.8, 4) is 0 Å². The summed E-state index contributed by atoms with van der Waals surface area (Å²) in [5.74, 6) is -0.333. The lowest BCUT2D eigenvalue weighted by Crippen LogP contribution is -2.53. The Balaban J connectivity index is 2.56. The number of nitrogens with one attached hydrogen (secondary N) is 1. The number of hydrogen-bond acceptors (Lipinski definition) is 3. The standard InChI is InChI=1S/C9H17NO3/c1-6(11)8(12)10-9(3)4-5-13-7(9)2/h6-7,11H,4-5H2,1-3H3,(H,10,12). The van der Waals surface area contributed by atoms with Gasteiger partial charge >= 0.3 is 0 Å². The van der Waals surface area contributed by atoms with Crippen LogP contribution in [0.15, 0.2) is 0 Å². The van der Waals surface area contributed by atoms with Crippen molar-refractivity contribution in [3.05, 3.63) is 0 Å². The lowest BCUT2D eigenvalue weighted by atomic mass is 9.94. The van der Waals surface area contributed by atoms with Crippen LogP contribution >= 0.6 is 0 Å². The molecule has 1 fully saturated rings. The Labute approximate surface area is 78.3 Å². The molecule has 0 radical (unpaired) electrons. The average molecular weight is 187 g/mol. The summed E-state index contributed by atoms with van der Waals surface area (Å²) in [6, 6.07) is 0. The van der Waals surface area contributed by atoms with Crippen LogP contribution in [0.5, 0.6) is 0 Å². The second-order valence-electron chi connectivity index (χ2n) is 3.85.